The van der Waals surface area contributed by atoms with E-state index < -0.39 is 11.9 Å². The van der Waals surface area contributed by atoms with E-state index in [9.17, 15) is 14.0 Å². The summed E-state index contributed by atoms with van der Waals surface area (Å²) >= 11 is 10.4. The molecule has 168 valence electrons. The molecule has 1 aromatic heterocycles. The Bertz CT molecular complexity index is 1140. The van der Waals surface area contributed by atoms with Crippen molar-refractivity contribution in [2.45, 2.75) is 31.6 Å². The predicted molar refractivity (Wildman–Crippen MR) is 126 cm³/mol. The topological polar surface area (TPSA) is 88.9 Å². The van der Waals surface area contributed by atoms with Crippen molar-refractivity contribution in [1.29, 1.82) is 0 Å². The highest BCUT2D eigenvalue weighted by molar-refractivity contribution is 9.10. The summed E-state index contributed by atoms with van der Waals surface area (Å²) in [5.41, 5.74) is 0.474. The molecule has 1 heterocycles. The van der Waals surface area contributed by atoms with Gasteiger partial charge in [-0.05, 0) is 44.2 Å². The zero-order chi connectivity index (χ0) is 23.3. The normalized spacial score (nSPS) is 11.8. The molecule has 32 heavy (non-hydrogen) atoms. The second-order valence-corrected chi connectivity index (χ2v) is 8.99. The van der Waals surface area contributed by atoms with Crippen LogP contribution in [-0.4, -0.2) is 32.3 Å². The van der Waals surface area contributed by atoms with Crippen LogP contribution in [0.4, 0.5) is 10.1 Å². The highest BCUT2D eigenvalue weighted by Crippen LogP contribution is 2.23. The van der Waals surface area contributed by atoms with Crippen LogP contribution in [0.2, 0.25) is 5.02 Å². The lowest BCUT2D eigenvalue weighted by molar-refractivity contribution is -0.113. The molecular weight excluding hydrogens is 521 g/mol. The molecule has 0 saturated heterocycles. The van der Waals surface area contributed by atoms with Gasteiger partial charge in [-0.1, -0.05) is 51.4 Å². The van der Waals surface area contributed by atoms with E-state index in [2.05, 4.69) is 36.8 Å². The van der Waals surface area contributed by atoms with Gasteiger partial charge in [-0.15, -0.1) is 10.2 Å². The first kappa shape index (κ1) is 24.2. The Morgan fingerprint density at radius 3 is 2.69 bits per heavy atom. The second-order valence-electron chi connectivity index (χ2n) is 6.72. The monoisotopic (exact) mass is 539 g/mol. The fourth-order valence-electron chi connectivity index (χ4n) is 2.92. The third kappa shape index (κ3) is 5.87. The van der Waals surface area contributed by atoms with Crippen LogP contribution in [0.1, 0.15) is 36.1 Å². The lowest BCUT2D eigenvalue weighted by atomic mass is 10.2. The summed E-state index contributed by atoms with van der Waals surface area (Å²) in [4.78, 5) is 24.8. The molecule has 1 atom stereocenters. The van der Waals surface area contributed by atoms with Crippen molar-refractivity contribution in [3.63, 3.8) is 0 Å². The fourth-order valence-corrected chi connectivity index (χ4v) is 4.28. The SMILES string of the molecule is CCn1c(SCC(=O)Nc2ccc(Br)cc2F)nnc1[C@H](C)NC(=O)c1ccccc1Cl. The summed E-state index contributed by atoms with van der Waals surface area (Å²) in [6.45, 7) is 4.25. The summed E-state index contributed by atoms with van der Waals surface area (Å²) in [7, 11) is 0. The number of thioether (sulfide) groups is 1. The molecule has 2 amide bonds. The molecule has 2 aromatic carbocycles. The zero-order valence-electron chi connectivity index (χ0n) is 17.2. The van der Waals surface area contributed by atoms with Crippen molar-refractivity contribution >= 4 is 56.8 Å². The van der Waals surface area contributed by atoms with Gasteiger partial charge in [0.1, 0.15) is 5.82 Å². The van der Waals surface area contributed by atoms with Crippen LogP contribution < -0.4 is 10.6 Å². The van der Waals surface area contributed by atoms with Crippen molar-refractivity contribution in [3.05, 3.63) is 69.2 Å². The predicted octanol–water partition coefficient (Wildman–Crippen LogP) is 5.07. The minimum atomic E-state index is -0.528. The number of aromatic nitrogens is 3. The van der Waals surface area contributed by atoms with E-state index in [1.807, 2.05) is 11.5 Å². The first-order chi connectivity index (χ1) is 15.3. The van der Waals surface area contributed by atoms with Gasteiger partial charge >= 0.3 is 0 Å². The van der Waals surface area contributed by atoms with Gasteiger partial charge in [0.05, 0.1) is 28.1 Å². The van der Waals surface area contributed by atoms with Gasteiger partial charge in [0.15, 0.2) is 11.0 Å². The maximum atomic E-state index is 13.9. The number of carbonyl (C=O) groups excluding carboxylic acids is 2. The van der Waals surface area contributed by atoms with E-state index in [4.69, 9.17) is 11.6 Å². The molecule has 3 rings (SSSR count). The zero-order valence-corrected chi connectivity index (χ0v) is 20.4. The molecule has 0 aliphatic carbocycles. The average Bonchev–Trinajstić information content (AvgIpc) is 3.17. The van der Waals surface area contributed by atoms with Crippen LogP contribution in [0, 0.1) is 5.82 Å². The summed E-state index contributed by atoms with van der Waals surface area (Å²) < 4.78 is 16.3. The number of halogens is 3. The number of hydrogen-bond acceptors (Lipinski definition) is 5. The van der Waals surface area contributed by atoms with Crippen LogP contribution in [0.3, 0.4) is 0 Å². The Hall–Kier alpha value is -2.43. The Labute approximate surface area is 202 Å². The standard InChI is InChI=1S/C21H20BrClFN5O2S/c1-3-29-19(12(2)25-20(31)14-6-4-5-7-15(14)23)27-28-21(29)32-11-18(30)26-17-9-8-13(22)10-16(17)24/h4-10,12H,3,11H2,1-2H3,(H,25,31)(H,26,30)/t12-/m0/s1. The lowest BCUT2D eigenvalue weighted by Gasteiger charge is -2.15. The largest absolute Gasteiger partial charge is 0.342 e. The molecule has 2 N–H and O–H groups in total. The maximum Gasteiger partial charge on any atom is 0.253 e. The minimum absolute atomic E-state index is 0.0218. The van der Waals surface area contributed by atoms with Gasteiger partial charge in [0.2, 0.25) is 5.91 Å². The Morgan fingerprint density at radius 2 is 2.00 bits per heavy atom. The number of carbonyl (C=O) groups is 2. The van der Waals surface area contributed by atoms with E-state index >= 15 is 0 Å². The number of benzene rings is 2. The molecule has 0 bridgehead atoms. The highest BCUT2D eigenvalue weighted by atomic mass is 79.9. The Kier molecular flexibility index (Phi) is 8.27. The van der Waals surface area contributed by atoms with Gasteiger partial charge < -0.3 is 15.2 Å². The lowest BCUT2D eigenvalue weighted by Crippen LogP contribution is -2.29. The quantitative estimate of drug-likeness (QED) is 0.389. The molecule has 0 spiro atoms. The summed E-state index contributed by atoms with van der Waals surface area (Å²) in [5.74, 6) is -0.648. The maximum absolute atomic E-state index is 13.9. The van der Waals surface area contributed by atoms with E-state index in [0.717, 1.165) is 0 Å². The summed E-state index contributed by atoms with van der Waals surface area (Å²) in [6.07, 6.45) is 0. The van der Waals surface area contributed by atoms with Crippen molar-refractivity contribution in [2.24, 2.45) is 0 Å². The third-order valence-electron chi connectivity index (χ3n) is 4.45. The van der Waals surface area contributed by atoms with Crippen LogP contribution in [0.15, 0.2) is 52.1 Å². The first-order valence-corrected chi connectivity index (χ1v) is 11.8. The number of amides is 2. The molecule has 0 fully saturated rings. The number of anilines is 1. The molecule has 7 nitrogen and oxygen atoms in total. The minimum Gasteiger partial charge on any atom is -0.342 e. The van der Waals surface area contributed by atoms with E-state index in [1.54, 1.807) is 37.3 Å². The molecule has 0 aliphatic heterocycles. The van der Waals surface area contributed by atoms with Crippen LogP contribution in [0.25, 0.3) is 0 Å². The van der Waals surface area contributed by atoms with Gasteiger partial charge in [-0.25, -0.2) is 4.39 Å². The average molecular weight is 541 g/mol. The number of rotatable bonds is 8. The first-order valence-electron chi connectivity index (χ1n) is 9.66. The van der Waals surface area contributed by atoms with Crippen LogP contribution in [-0.2, 0) is 11.3 Å². The van der Waals surface area contributed by atoms with Crippen molar-refractivity contribution in [1.82, 2.24) is 20.1 Å². The van der Waals surface area contributed by atoms with E-state index in [0.29, 0.717) is 32.6 Å². The molecule has 0 radical (unpaired) electrons. The molecule has 11 heteroatoms. The molecule has 0 unspecified atom stereocenters. The molecule has 0 saturated carbocycles. The fraction of sp³-hybridized carbons (Fsp3) is 0.238. The van der Waals surface area contributed by atoms with Gasteiger partial charge in [0.25, 0.3) is 5.91 Å². The van der Waals surface area contributed by atoms with Crippen molar-refractivity contribution < 1.29 is 14.0 Å². The van der Waals surface area contributed by atoms with E-state index in [1.165, 1.54) is 23.9 Å². The third-order valence-corrected chi connectivity index (χ3v) is 6.24. The number of hydrogen-bond donors (Lipinski definition) is 2. The van der Waals surface area contributed by atoms with Gasteiger partial charge in [-0.2, -0.15) is 0 Å². The van der Waals surface area contributed by atoms with Crippen molar-refractivity contribution in [3.8, 4) is 0 Å². The van der Waals surface area contributed by atoms with Crippen LogP contribution >= 0.6 is 39.3 Å². The smallest absolute Gasteiger partial charge is 0.253 e. The van der Waals surface area contributed by atoms with Crippen LogP contribution in [0.5, 0.6) is 0 Å². The molecular formula is C21H20BrClFN5O2S. The summed E-state index contributed by atoms with van der Waals surface area (Å²) in [6, 6.07) is 10.7. The molecule has 3 aromatic rings. The highest BCUT2D eigenvalue weighted by Gasteiger charge is 2.21. The van der Waals surface area contributed by atoms with E-state index in [-0.39, 0.29) is 23.3 Å². The van der Waals surface area contributed by atoms with Crippen molar-refractivity contribution in [2.75, 3.05) is 11.1 Å². The number of nitrogens with zero attached hydrogens (tertiary/aromatic N) is 3. The van der Waals surface area contributed by atoms with Gasteiger partial charge in [0, 0.05) is 11.0 Å². The Balaban J connectivity index is 1.64. The summed E-state index contributed by atoms with van der Waals surface area (Å²) in [5, 5.41) is 14.6. The van der Waals surface area contributed by atoms with Gasteiger partial charge in [-0.3, -0.25) is 9.59 Å². The molecule has 0 aliphatic rings. The second kappa shape index (κ2) is 10.9. The Morgan fingerprint density at radius 1 is 1.25 bits per heavy atom. The number of nitrogens with one attached hydrogen (secondary N) is 2.